The van der Waals surface area contributed by atoms with E-state index in [4.69, 9.17) is 4.74 Å². The average Bonchev–Trinajstić information content (AvgIpc) is 3.12. The van der Waals surface area contributed by atoms with E-state index in [1.807, 2.05) is 43.3 Å². The fourth-order valence-electron chi connectivity index (χ4n) is 4.54. The number of hydrogen-bond acceptors (Lipinski definition) is 5. The zero-order valence-corrected chi connectivity index (χ0v) is 18.0. The molecule has 0 radical (unpaired) electrons. The topological polar surface area (TPSA) is 73.9 Å². The molecule has 0 bridgehead atoms. The highest BCUT2D eigenvalue weighted by Crippen LogP contribution is 2.36. The molecule has 4 rings (SSSR count). The van der Waals surface area contributed by atoms with E-state index in [0.29, 0.717) is 31.1 Å². The van der Waals surface area contributed by atoms with Gasteiger partial charge in [-0.15, -0.1) is 0 Å². The summed E-state index contributed by atoms with van der Waals surface area (Å²) in [4.78, 5) is 29.8. The predicted molar refractivity (Wildman–Crippen MR) is 120 cm³/mol. The van der Waals surface area contributed by atoms with E-state index < -0.39 is 5.54 Å². The molecule has 0 unspecified atom stereocenters. The Morgan fingerprint density at radius 3 is 2.55 bits per heavy atom. The molecule has 2 aliphatic rings. The Bertz CT molecular complexity index is 910. The van der Waals surface area contributed by atoms with E-state index in [1.54, 1.807) is 6.07 Å². The second kappa shape index (κ2) is 9.39. The quantitative estimate of drug-likeness (QED) is 0.716. The summed E-state index contributed by atoms with van der Waals surface area (Å²) in [5, 5.41) is 6.03. The van der Waals surface area contributed by atoms with Gasteiger partial charge >= 0.3 is 0 Å². The lowest BCUT2D eigenvalue weighted by Gasteiger charge is -2.43. The monoisotopic (exact) mass is 422 g/mol. The van der Waals surface area contributed by atoms with Gasteiger partial charge in [0.2, 0.25) is 5.91 Å². The number of likely N-dealkylation sites (tertiary alicyclic amines) is 1. The number of carbonyl (C=O) groups is 2. The molecule has 2 heterocycles. The third kappa shape index (κ3) is 4.37. The average molecular weight is 423 g/mol. The van der Waals surface area contributed by atoms with Gasteiger partial charge in [-0.25, -0.2) is 0 Å². The Hall–Kier alpha value is -3.06. The lowest BCUT2D eigenvalue weighted by Crippen LogP contribution is -2.57. The number of nitrogens with zero attached hydrogens (tertiary/aromatic N) is 2. The van der Waals surface area contributed by atoms with Gasteiger partial charge in [0.15, 0.2) is 0 Å². The molecule has 0 aromatic heterocycles. The number of benzene rings is 2. The molecule has 0 saturated carbocycles. The number of carbonyl (C=O) groups excluding carboxylic acids is 2. The highest BCUT2D eigenvalue weighted by Gasteiger charge is 2.50. The molecular formula is C24H30N4O3. The van der Waals surface area contributed by atoms with Crippen molar-refractivity contribution in [3.8, 4) is 5.75 Å². The van der Waals surface area contributed by atoms with Crippen LogP contribution in [-0.2, 0) is 4.79 Å². The van der Waals surface area contributed by atoms with E-state index >= 15 is 0 Å². The Labute approximate surface area is 183 Å². The molecule has 7 heteroatoms. The second-order valence-electron chi connectivity index (χ2n) is 7.99. The van der Waals surface area contributed by atoms with Gasteiger partial charge in [-0.05, 0) is 44.0 Å². The van der Waals surface area contributed by atoms with Crippen LogP contribution in [0.15, 0.2) is 54.6 Å². The van der Waals surface area contributed by atoms with Crippen molar-refractivity contribution in [2.45, 2.75) is 25.3 Å². The molecule has 2 saturated heterocycles. The minimum atomic E-state index is -0.475. The molecule has 2 N–H and O–H groups in total. The van der Waals surface area contributed by atoms with Gasteiger partial charge in [0, 0.05) is 31.9 Å². The van der Waals surface area contributed by atoms with Crippen LogP contribution < -0.4 is 20.3 Å². The fourth-order valence-corrected chi connectivity index (χ4v) is 4.54. The Morgan fingerprint density at radius 1 is 1.10 bits per heavy atom. The van der Waals surface area contributed by atoms with Crippen LogP contribution in [0.1, 0.15) is 30.1 Å². The number of piperidine rings is 1. The van der Waals surface area contributed by atoms with Crippen molar-refractivity contribution >= 4 is 17.5 Å². The van der Waals surface area contributed by atoms with E-state index in [-0.39, 0.29) is 11.8 Å². The first-order chi connectivity index (χ1) is 15.1. The first kappa shape index (κ1) is 21.2. The van der Waals surface area contributed by atoms with E-state index in [1.165, 1.54) is 0 Å². The lowest BCUT2D eigenvalue weighted by atomic mass is 9.85. The number of rotatable bonds is 7. The summed E-state index contributed by atoms with van der Waals surface area (Å²) in [6.45, 7) is 5.93. The molecule has 2 amide bonds. The number of hydrogen-bond donors (Lipinski definition) is 2. The summed E-state index contributed by atoms with van der Waals surface area (Å²) in [7, 11) is 0. The summed E-state index contributed by atoms with van der Waals surface area (Å²) in [6, 6.07) is 17.4. The van der Waals surface area contributed by atoms with E-state index in [9.17, 15) is 9.59 Å². The maximum absolute atomic E-state index is 12.7. The number of ether oxygens (including phenoxy) is 1. The predicted octanol–water partition coefficient (Wildman–Crippen LogP) is 2.24. The first-order valence-corrected chi connectivity index (χ1v) is 11.0. The van der Waals surface area contributed by atoms with Crippen LogP contribution in [-0.4, -0.2) is 61.7 Å². The molecule has 164 valence electrons. The first-order valence-electron chi connectivity index (χ1n) is 11.0. The van der Waals surface area contributed by atoms with Gasteiger partial charge in [-0.3, -0.25) is 9.59 Å². The van der Waals surface area contributed by atoms with Crippen LogP contribution >= 0.6 is 0 Å². The van der Waals surface area contributed by atoms with Gasteiger partial charge in [-0.1, -0.05) is 30.3 Å². The second-order valence-corrected chi connectivity index (χ2v) is 7.99. The van der Waals surface area contributed by atoms with Crippen LogP contribution in [0.3, 0.4) is 0 Å². The summed E-state index contributed by atoms with van der Waals surface area (Å²) in [6.07, 6.45) is 1.55. The summed E-state index contributed by atoms with van der Waals surface area (Å²) < 4.78 is 5.55. The van der Waals surface area contributed by atoms with Gasteiger partial charge in [0.25, 0.3) is 5.91 Å². The van der Waals surface area contributed by atoms with Gasteiger partial charge in [0.1, 0.15) is 11.3 Å². The third-order valence-electron chi connectivity index (χ3n) is 6.23. The number of anilines is 1. The molecule has 7 nitrogen and oxygen atoms in total. The van der Waals surface area contributed by atoms with Gasteiger partial charge in [-0.2, -0.15) is 0 Å². The van der Waals surface area contributed by atoms with E-state index in [2.05, 4.69) is 32.6 Å². The fraction of sp³-hybridized carbons (Fsp3) is 0.417. The van der Waals surface area contributed by atoms with Crippen molar-refractivity contribution in [2.24, 2.45) is 0 Å². The van der Waals surface area contributed by atoms with E-state index in [0.717, 1.165) is 38.2 Å². The Kier molecular flexibility index (Phi) is 6.42. The van der Waals surface area contributed by atoms with Crippen molar-refractivity contribution in [1.82, 2.24) is 15.5 Å². The maximum atomic E-state index is 12.7. The van der Waals surface area contributed by atoms with Crippen molar-refractivity contribution in [2.75, 3.05) is 44.4 Å². The van der Waals surface area contributed by atoms with Gasteiger partial charge < -0.3 is 25.2 Å². The molecule has 0 aliphatic carbocycles. The highest BCUT2D eigenvalue weighted by molar-refractivity contribution is 5.97. The van der Waals surface area contributed by atoms with Crippen molar-refractivity contribution in [3.05, 3.63) is 60.2 Å². The maximum Gasteiger partial charge on any atom is 0.255 e. The smallest absolute Gasteiger partial charge is 0.255 e. The highest BCUT2D eigenvalue weighted by atomic mass is 16.5. The Balaban J connectivity index is 1.31. The van der Waals surface area contributed by atoms with Crippen molar-refractivity contribution in [1.29, 1.82) is 0 Å². The third-order valence-corrected chi connectivity index (χ3v) is 6.23. The standard InChI is InChI=1S/C24H30N4O3/c1-2-31-21-11-7-6-10-20(21)22(29)25-14-17-27-15-12-24(13-16-27)23(30)26-18-28(24)19-8-4-3-5-9-19/h3-11H,2,12-18H2,1H3,(H,25,29)(H,26,30). The largest absolute Gasteiger partial charge is 0.493 e. The minimum Gasteiger partial charge on any atom is -0.493 e. The molecule has 31 heavy (non-hydrogen) atoms. The normalized spacial score (nSPS) is 18.1. The van der Waals surface area contributed by atoms with Crippen LogP contribution in [0.2, 0.25) is 0 Å². The zero-order valence-electron chi connectivity index (χ0n) is 18.0. The van der Waals surface area contributed by atoms with Gasteiger partial charge in [0.05, 0.1) is 18.8 Å². The zero-order chi connectivity index (χ0) is 21.7. The van der Waals surface area contributed by atoms with Crippen LogP contribution in [0, 0.1) is 0 Å². The lowest BCUT2D eigenvalue weighted by molar-refractivity contribution is -0.125. The van der Waals surface area contributed by atoms with Crippen LogP contribution in [0.4, 0.5) is 5.69 Å². The molecule has 2 fully saturated rings. The summed E-state index contributed by atoms with van der Waals surface area (Å²) in [5.74, 6) is 0.607. The molecule has 2 aromatic rings. The van der Waals surface area contributed by atoms with Crippen LogP contribution in [0.25, 0.3) is 0 Å². The molecule has 1 spiro atoms. The summed E-state index contributed by atoms with van der Waals surface area (Å²) in [5.41, 5.74) is 1.16. The number of amides is 2. The number of para-hydroxylation sites is 2. The summed E-state index contributed by atoms with van der Waals surface area (Å²) >= 11 is 0. The molecular weight excluding hydrogens is 392 g/mol. The molecule has 0 atom stereocenters. The SMILES string of the molecule is CCOc1ccccc1C(=O)NCCN1CCC2(CC1)C(=O)NCN2c1ccccc1. The minimum absolute atomic E-state index is 0.122. The number of nitrogens with one attached hydrogen (secondary N) is 2. The molecule has 2 aromatic carbocycles. The van der Waals surface area contributed by atoms with Crippen LogP contribution in [0.5, 0.6) is 5.75 Å². The Morgan fingerprint density at radius 2 is 1.81 bits per heavy atom. The molecule has 2 aliphatic heterocycles. The van der Waals surface area contributed by atoms with Crippen molar-refractivity contribution in [3.63, 3.8) is 0 Å². The van der Waals surface area contributed by atoms with Crippen molar-refractivity contribution < 1.29 is 14.3 Å².